The molecule has 0 aromatic heterocycles. The lowest BCUT2D eigenvalue weighted by Crippen LogP contribution is -2.29. The molecule has 0 saturated carbocycles. The van der Waals surface area contributed by atoms with Gasteiger partial charge < -0.3 is 14.6 Å². The third-order valence-corrected chi connectivity index (χ3v) is 6.71. The number of carbonyl (C=O) groups excluding carboxylic acids is 2. The average molecular weight is 500 g/mol. The number of aryl methyl sites for hydroxylation is 3. The molecule has 1 fully saturated rings. The van der Waals surface area contributed by atoms with E-state index in [1.54, 1.807) is 31.4 Å². The van der Waals surface area contributed by atoms with E-state index < -0.39 is 17.7 Å². The molecule has 6 nitrogen and oxygen atoms in total. The van der Waals surface area contributed by atoms with Crippen LogP contribution in [0, 0.1) is 13.8 Å². The minimum absolute atomic E-state index is 0.0572. The average Bonchev–Trinajstić information content (AvgIpc) is 3.18. The minimum Gasteiger partial charge on any atom is -0.507 e. The fourth-order valence-electron chi connectivity index (χ4n) is 4.70. The molecule has 6 heteroatoms. The van der Waals surface area contributed by atoms with E-state index in [9.17, 15) is 14.7 Å². The Bertz CT molecular complexity index is 1360. The molecule has 1 atom stereocenters. The predicted octanol–water partition coefficient (Wildman–Crippen LogP) is 6.29. The van der Waals surface area contributed by atoms with Gasteiger partial charge in [-0.05, 0) is 73.2 Å². The number of carbonyl (C=O) groups is 2. The zero-order valence-electron chi connectivity index (χ0n) is 22.0. The first kappa shape index (κ1) is 26.0. The molecule has 1 unspecified atom stereocenters. The summed E-state index contributed by atoms with van der Waals surface area (Å²) >= 11 is 0. The van der Waals surface area contributed by atoms with E-state index in [1.807, 2.05) is 57.2 Å². The van der Waals surface area contributed by atoms with E-state index in [2.05, 4.69) is 6.92 Å². The molecule has 0 radical (unpaired) electrons. The van der Waals surface area contributed by atoms with Crippen LogP contribution in [-0.4, -0.2) is 30.5 Å². The molecule has 1 amide bonds. The molecule has 192 valence electrons. The fourth-order valence-corrected chi connectivity index (χ4v) is 4.70. The molecule has 1 aliphatic heterocycles. The molecule has 0 bridgehead atoms. The predicted molar refractivity (Wildman–Crippen MR) is 145 cm³/mol. The van der Waals surface area contributed by atoms with Crippen molar-refractivity contribution in [1.82, 2.24) is 0 Å². The molecule has 0 aliphatic carbocycles. The maximum atomic E-state index is 13.5. The summed E-state index contributed by atoms with van der Waals surface area (Å²) in [5.41, 5.74) is 4.50. The number of ketones is 1. The highest BCUT2D eigenvalue weighted by Crippen LogP contribution is 2.43. The number of Topliss-reactive ketones (excluding diaryl/α,β-unsaturated/α-hetero) is 1. The Hall–Kier alpha value is -4.06. The van der Waals surface area contributed by atoms with E-state index in [0.717, 1.165) is 35.1 Å². The number of rotatable bonds is 8. The van der Waals surface area contributed by atoms with E-state index in [4.69, 9.17) is 9.47 Å². The van der Waals surface area contributed by atoms with Crippen molar-refractivity contribution in [3.05, 3.63) is 94.1 Å². The molecule has 4 rings (SSSR count). The Morgan fingerprint density at radius 3 is 2.35 bits per heavy atom. The Kier molecular flexibility index (Phi) is 7.67. The first-order valence-corrected chi connectivity index (χ1v) is 12.6. The van der Waals surface area contributed by atoms with Crippen molar-refractivity contribution in [1.29, 1.82) is 0 Å². The maximum absolute atomic E-state index is 13.5. The van der Waals surface area contributed by atoms with Crippen LogP contribution in [-0.2, 0) is 16.0 Å². The first-order chi connectivity index (χ1) is 17.8. The molecule has 1 heterocycles. The summed E-state index contributed by atoms with van der Waals surface area (Å²) in [6, 6.07) is 17.8. The third-order valence-electron chi connectivity index (χ3n) is 6.71. The van der Waals surface area contributed by atoms with E-state index >= 15 is 0 Å². The summed E-state index contributed by atoms with van der Waals surface area (Å²) in [6.45, 7) is 8.34. The number of nitrogens with zero attached hydrogens (tertiary/aromatic N) is 1. The summed E-state index contributed by atoms with van der Waals surface area (Å²) in [7, 11) is 1.59. The van der Waals surface area contributed by atoms with Crippen LogP contribution < -0.4 is 14.4 Å². The van der Waals surface area contributed by atoms with Crippen molar-refractivity contribution in [3.63, 3.8) is 0 Å². The molecule has 3 aromatic rings. The number of methoxy groups -OCH3 is 1. The van der Waals surface area contributed by atoms with Crippen LogP contribution in [0.15, 0.2) is 66.2 Å². The highest BCUT2D eigenvalue weighted by Gasteiger charge is 2.47. The standard InChI is InChI=1S/C31H33NO5/c1-6-15-37-24-10-8-9-23(18-24)32-28(22-13-11-21(7-2)12-14-22)27(30(34)31(32)35)29(33)25-16-20(4)26(36-5)17-19(25)3/h8-14,16-18,28,33H,6-7,15H2,1-5H3/b29-27+. The summed E-state index contributed by atoms with van der Waals surface area (Å²) in [5, 5.41) is 11.6. The van der Waals surface area contributed by atoms with Crippen molar-refractivity contribution in [2.75, 3.05) is 18.6 Å². The van der Waals surface area contributed by atoms with Crippen molar-refractivity contribution < 1.29 is 24.2 Å². The molecular formula is C31H33NO5. The maximum Gasteiger partial charge on any atom is 0.300 e. The van der Waals surface area contributed by atoms with Crippen LogP contribution in [0.25, 0.3) is 5.76 Å². The molecule has 37 heavy (non-hydrogen) atoms. The van der Waals surface area contributed by atoms with E-state index in [1.165, 1.54) is 4.90 Å². The normalized spacial score (nSPS) is 16.8. The highest BCUT2D eigenvalue weighted by atomic mass is 16.5. The third kappa shape index (κ3) is 4.96. The van der Waals surface area contributed by atoms with Gasteiger partial charge in [-0.25, -0.2) is 0 Å². The van der Waals surface area contributed by atoms with Crippen LogP contribution in [0.3, 0.4) is 0 Å². The van der Waals surface area contributed by atoms with E-state index in [-0.39, 0.29) is 11.3 Å². The molecule has 1 aliphatic rings. The van der Waals surface area contributed by atoms with Gasteiger partial charge in [0.05, 0.1) is 25.3 Å². The van der Waals surface area contributed by atoms with Gasteiger partial charge in [0.1, 0.15) is 17.3 Å². The number of ether oxygens (including phenoxy) is 2. The smallest absolute Gasteiger partial charge is 0.300 e. The molecule has 0 spiro atoms. The molecule has 1 saturated heterocycles. The van der Waals surface area contributed by atoms with Gasteiger partial charge in [0.15, 0.2) is 0 Å². The summed E-state index contributed by atoms with van der Waals surface area (Å²) in [5.74, 6) is -0.323. The van der Waals surface area contributed by atoms with Crippen molar-refractivity contribution in [3.8, 4) is 11.5 Å². The summed E-state index contributed by atoms with van der Waals surface area (Å²) < 4.78 is 11.2. The number of aliphatic hydroxyl groups is 1. The quantitative estimate of drug-likeness (QED) is 0.224. The lowest BCUT2D eigenvalue weighted by Gasteiger charge is -2.26. The largest absolute Gasteiger partial charge is 0.507 e. The van der Waals surface area contributed by atoms with Crippen LogP contribution in [0.4, 0.5) is 5.69 Å². The first-order valence-electron chi connectivity index (χ1n) is 12.6. The van der Waals surface area contributed by atoms with Crippen molar-refractivity contribution in [2.24, 2.45) is 0 Å². The second kappa shape index (κ2) is 10.9. The van der Waals surface area contributed by atoms with E-state index in [0.29, 0.717) is 29.4 Å². The molecule has 3 aromatic carbocycles. The zero-order valence-corrected chi connectivity index (χ0v) is 22.0. The number of benzene rings is 3. The van der Waals surface area contributed by atoms with Gasteiger partial charge in [0.25, 0.3) is 11.7 Å². The second-order valence-electron chi connectivity index (χ2n) is 9.25. The van der Waals surface area contributed by atoms with Gasteiger partial charge in [0.2, 0.25) is 0 Å². The topological polar surface area (TPSA) is 76.1 Å². The Balaban J connectivity index is 1.92. The zero-order chi connectivity index (χ0) is 26.7. The van der Waals surface area contributed by atoms with Gasteiger partial charge in [0, 0.05) is 17.3 Å². The number of amides is 1. The van der Waals surface area contributed by atoms with Crippen LogP contribution in [0.1, 0.15) is 54.1 Å². The lowest BCUT2D eigenvalue weighted by molar-refractivity contribution is -0.132. The number of aliphatic hydroxyl groups excluding tert-OH is 1. The lowest BCUT2D eigenvalue weighted by atomic mass is 9.92. The van der Waals surface area contributed by atoms with Crippen molar-refractivity contribution in [2.45, 2.75) is 46.6 Å². The Morgan fingerprint density at radius 2 is 1.70 bits per heavy atom. The molecule has 1 N–H and O–H groups in total. The number of anilines is 1. The summed E-state index contributed by atoms with van der Waals surface area (Å²) in [4.78, 5) is 28.5. The highest BCUT2D eigenvalue weighted by molar-refractivity contribution is 6.51. The Labute approximate surface area is 218 Å². The van der Waals surface area contributed by atoms with Gasteiger partial charge in [-0.2, -0.15) is 0 Å². The van der Waals surface area contributed by atoms with Crippen molar-refractivity contribution >= 4 is 23.1 Å². The minimum atomic E-state index is -0.797. The number of hydrogen-bond acceptors (Lipinski definition) is 5. The van der Waals surface area contributed by atoms with Gasteiger partial charge in [-0.3, -0.25) is 14.5 Å². The number of hydrogen-bond donors (Lipinski definition) is 1. The SMILES string of the molecule is CCCOc1cccc(N2C(=O)C(=O)/C(=C(/O)c3cc(C)c(OC)cc3C)C2c2ccc(CC)cc2)c1. The van der Waals surface area contributed by atoms with Gasteiger partial charge >= 0.3 is 0 Å². The summed E-state index contributed by atoms with van der Waals surface area (Å²) in [6.07, 6.45) is 1.71. The second-order valence-corrected chi connectivity index (χ2v) is 9.25. The van der Waals surface area contributed by atoms with Crippen LogP contribution >= 0.6 is 0 Å². The molecular weight excluding hydrogens is 466 g/mol. The van der Waals surface area contributed by atoms with Crippen LogP contribution in [0.2, 0.25) is 0 Å². The van der Waals surface area contributed by atoms with Gasteiger partial charge in [-0.1, -0.05) is 44.2 Å². The fraction of sp³-hybridized carbons (Fsp3) is 0.290. The van der Waals surface area contributed by atoms with Gasteiger partial charge in [-0.15, -0.1) is 0 Å². The Morgan fingerprint density at radius 1 is 0.973 bits per heavy atom. The monoisotopic (exact) mass is 499 g/mol. The van der Waals surface area contributed by atoms with Crippen LogP contribution in [0.5, 0.6) is 11.5 Å².